The molecule has 25 heavy (non-hydrogen) atoms. The second-order valence-corrected chi connectivity index (χ2v) is 8.66. The smallest absolute Gasteiger partial charge is 0.194 e. The van der Waals surface area contributed by atoms with Crippen LogP contribution in [0.5, 0.6) is 0 Å². The van der Waals surface area contributed by atoms with Gasteiger partial charge in [0.2, 0.25) is 11.2 Å². The van der Waals surface area contributed by atoms with Crippen molar-refractivity contribution >= 4 is 10.9 Å². The summed E-state index contributed by atoms with van der Waals surface area (Å²) in [7, 11) is 2.19. The Balaban J connectivity index is 2.20. The van der Waals surface area contributed by atoms with Gasteiger partial charge in [-0.05, 0) is 67.5 Å². The van der Waals surface area contributed by atoms with Crippen LogP contribution in [0.4, 0.5) is 0 Å². The summed E-state index contributed by atoms with van der Waals surface area (Å²) in [5.41, 5.74) is 9.67. The highest BCUT2D eigenvalue weighted by Gasteiger charge is 2.18. The van der Waals surface area contributed by atoms with Crippen LogP contribution in [0.1, 0.15) is 43.0 Å². The van der Waals surface area contributed by atoms with Crippen molar-refractivity contribution in [3.63, 3.8) is 0 Å². The first-order chi connectivity index (χ1) is 11.7. The summed E-state index contributed by atoms with van der Waals surface area (Å²) in [6, 6.07) is 16.0. The number of rotatable bonds is 2. The highest BCUT2D eigenvalue weighted by Crippen LogP contribution is 2.27. The minimum Gasteiger partial charge on any atom is -0.194 e. The first-order valence-electron chi connectivity index (χ1n) is 9.15. The Labute approximate surface area is 152 Å². The number of hydrogen-bond acceptors (Lipinski definition) is 0. The van der Waals surface area contributed by atoms with Crippen LogP contribution in [0.25, 0.3) is 22.2 Å². The van der Waals surface area contributed by atoms with Crippen molar-refractivity contribution < 1.29 is 4.57 Å². The lowest BCUT2D eigenvalue weighted by molar-refractivity contribution is -0.633. The predicted octanol–water partition coefficient (Wildman–Crippen LogP) is 5.85. The average molecular weight is 333 g/mol. The molecule has 0 aliphatic rings. The van der Waals surface area contributed by atoms with E-state index in [-0.39, 0.29) is 0 Å². The Bertz CT molecular complexity index is 942. The molecular weight excluding hydrogens is 302 g/mol. The Morgan fingerprint density at radius 2 is 1.56 bits per heavy atom. The molecule has 130 valence electrons. The molecule has 0 aliphatic heterocycles. The molecule has 0 spiro atoms. The molecule has 0 N–H and O–H groups in total. The quantitative estimate of drug-likeness (QED) is 0.519. The van der Waals surface area contributed by atoms with E-state index in [0.717, 1.165) is 6.42 Å². The van der Waals surface area contributed by atoms with Gasteiger partial charge in [-0.25, -0.2) is 0 Å². The van der Waals surface area contributed by atoms with Crippen molar-refractivity contribution in [1.29, 1.82) is 0 Å². The molecule has 3 rings (SSSR count). The van der Waals surface area contributed by atoms with E-state index in [1.807, 2.05) is 0 Å². The zero-order valence-corrected chi connectivity index (χ0v) is 16.7. The minimum absolute atomic E-state index is 0.300. The topological polar surface area (TPSA) is 3.88 Å². The number of fused-ring (bicyclic) bond motifs is 1. The van der Waals surface area contributed by atoms with Crippen molar-refractivity contribution in [2.45, 2.75) is 48.0 Å². The molecule has 0 radical (unpaired) electrons. The van der Waals surface area contributed by atoms with Gasteiger partial charge in [0, 0.05) is 23.1 Å². The molecule has 0 amide bonds. The summed E-state index contributed by atoms with van der Waals surface area (Å²) in [6.07, 6.45) is 1.09. The highest BCUT2D eigenvalue weighted by atomic mass is 14.9. The Kier molecular flexibility index (Phi) is 4.45. The molecule has 1 heterocycles. The standard InChI is InChI=1S/C24H30N/c1-16-12-17(2)18(3)21(13-16)22-11-10-20-9-8-19(15-24(4,5)6)14-23(20)25(22)7/h8-14H,15H2,1-7H3/q+1. The lowest BCUT2D eigenvalue weighted by Gasteiger charge is -2.18. The van der Waals surface area contributed by atoms with E-state index in [4.69, 9.17) is 0 Å². The number of hydrogen-bond donors (Lipinski definition) is 0. The van der Waals surface area contributed by atoms with E-state index in [9.17, 15) is 0 Å². The summed E-state index contributed by atoms with van der Waals surface area (Å²) in [4.78, 5) is 0. The summed E-state index contributed by atoms with van der Waals surface area (Å²) >= 11 is 0. The van der Waals surface area contributed by atoms with Gasteiger partial charge in [-0.1, -0.05) is 38.5 Å². The van der Waals surface area contributed by atoms with Crippen molar-refractivity contribution in [2.24, 2.45) is 12.5 Å². The molecule has 1 aromatic heterocycles. The van der Waals surface area contributed by atoms with E-state index in [0.29, 0.717) is 5.41 Å². The molecule has 0 aliphatic carbocycles. The SMILES string of the molecule is Cc1cc(C)c(C)c(-c2ccc3ccc(CC(C)(C)C)cc3[n+]2C)c1. The molecule has 0 saturated heterocycles. The predicted molar refractivity (Wildman–Crippen MR) is 108 cm³/mol. The molecule has 3 aromatic rings. The summed E-state index contributed by atoms with van der Waals surface area (Å²) in [5, 5.41) is 1.30. The molecule has 0 unspecified atom stereocenters. The number of aryl methyl sites for hydroxylation is 3. The van der Waals surface area contributed by atoms with Crippen molar-refractivity contribution in [3.05, 3.63) is 64.7 Å². The summed E-state index contributed by atoms with van der Waals surface area (Å²) in [5.74, 6) is 0. The minimum atomic E-state index is 0.300. The molecule has 0 saturated carbocycles. The van der Waals surface area contributed by atoms with Crippen LogP contribution in [-0.4, -0.2) is 0 Å². The second kappa shape index (κ2) is 6.29. The average Bonchev–Trinajstić information content (AvgIpc) is 2.50. The Hall–Kier alpha value is -2.15. The molecule has 0 bridgehead atoms. The van der Waals surface area contributed by atoms with Crippen molar-refractivity contribution in [1.82, 2.24) is 0 Å². The number of nitrogens with zero attached hydrogens (tertiary/aromatic N) is 1. The van der Waals surface area contributed by atoms with Gasteiger partial charge < -0.3 is 0 Å². The van der Waals surface area contributed by atoms with Gasteiger partial charge in [0.1, 0.15) is 7.05 Å². The molecular formula is C24H30N+. The summed E-state index contributed by atoms with van der Waals surface area (Å²) < 4.78 is 2.35. The van der Waals surface area contributed by atoms with Crippen LogP contribution in [-0.2, 0) is 13.5 Å². The maximum Gasteiger partial charge on any atom is 0.213 e. The largest absolute Gasteiger partial charge is 0.213 e. The van der Waals surface area contributed by atoms with Gasteiger partial charge in [-0.3, -0.25) is 0 Å². The molecule has 1 heteroatoms. The normalized spacial score (nSPS) is 12.0. The van der Waals surface area contributed by atoms with Crippen molar-refractivity contribution in [2.75, 3.05) is 0 Å². The number of benzene rings is 2. The zero-order chi connectivity index (χ0) is 18.4. The van der Waals surface area contributed by atoms with Gasteiger partial charge in [-0.2, -0.15) is 4.57 Å². The third-order valence-corrected chi connectivity index (χ3v) is 5.06. The van der Waals surface area contributed by atoms with Gasteiger partial charge in [0.15, 0.2) is 0 Å². The Morgan fingerprint density at radius 1 is 0.880 bits per heavy atom. The molecule has 0 atom stereocenters. The monoisotopic (exact) mass is 332 g/mol. The fraction of sp³-hybridized carbons (Fsp3) is 0.375. The van der Waals surface area contributed by atoms with Crippen LogP contribution >= 0.6 is 0 Å². The maximum absolute atomic E-state index is 2.36. The zero-order valence-electron chi connectivity index (χ0n) is 16.7. The number of aromatic nitrogens is 1. The second-order valence-electron chi connectivity index (χ2n) is 8.66. The first-order valence-corrected chi connectivity index (χ1v) is 9.15. The maximum atomic E-state index is 2.36. The van der Waals surface area contributed by atoms with E-state index >= 15 is 0 Å². The highest BCUT2D eigenvalue weighted by molar-refractivity contribution is 5.79. The van der Waals surface area contributed by atoms with E-state index in [1.165, 1.54) is 44.4 Å². The molecule has 2 aromatic carbocycles. The molecule has 1 nitrogen and oxygen atoms in total. The van der Waals surface area contributed by atoms with Crippen LogP contribution in [0.3, 0.4) is 0 Å². The van der Waals surface area contributed by atoms with Gasteiger partial charge in [-0.15, -0.1) is 0 Å². The molecule has 0 fully saturated rings. The van der Waals surface area contributed by atoms with Crippen LogP contribution in [0.2, 0.25) is 0 Å². The van der Waals surface area contributed by atoms with Gasteiger partial charge in [0.25, 0.3) is 0 Å². The number of pyridine rings is 1. The van der Waals surface area contributed by atoms with E-state index in [1.54, 1.807) is 0 Å². The fourth-order valence-electron chi connectivity index (χ4n) is 3.73. The lowest BCUT2D eigenvalue weighted by Crippen LogP contribution is -2.32. The van der Waals surface area contributed by atoms with Crippen LogP contribution < -0.4 is 4.57 Å². The van der Waals surface area contributed by atoms with Crippen LogP contribution in [0.15, 0.2) is 42.5 Å². The van der Waals surface area contributed by atoms with Gasteiger partial charge in [0.05, 0.1) is 0 Å². The van der Waals surface area contributed by atoms with E-state index < -0.39 is 0 Å². The third-order valence-electron chi connectivity index (χ3n) is 5.06. The fourth-order valence-corrected chi connectivity index (χ4v) is 3.73. The first kappa shape index (κ1) is 17.7. The van der Waals surface area contributed by atoms with Crippen molar-refractivity contribution in [3.8, 4) is 11.3 Å². The van der Waals surface area contributed by atoms with Gasteiger partial charge >= 0.3 is 0 Å². The summed E-state index contributed by atoms with van der Waals surface area (Å²) in [6.45, 7) is 13.5. The third kappa shape index (κ3) is 3.61. The van der Waals surface area contributed by atoms with Crippen LogP contribution in [0, 0.1) is 26.2 Å². The Morgan fingerprint density at radius 3 is 2.24 bits per heavy atom. The lowest BCUT2D eigenvalue weighted by atomic mass is 9.88. The van der Waals surface area contributed by atoms with E-state index in [2.05, 4.69) is 95.6 Å².